The molecule has 0 saturated heterocycles. The monoisotopic (exact) mass is 248 g/mol. The number of nitrogens with one attached hydrogen (secondary N) is 1. The topological polar surface area (TPSA) is 96.2 Å². The lowest BCUT2D eigenvalue weighted by Gasteiger charge is -2.02. The molecular weight excluding hydrogens is 236 g/mol. The number of aryl methyl sites for hydroxylation is 1. The van der Waals surface area contributed by atoms with E-state index >= 15 is 0 Å². The summed E-state index contributed by atoms with van der Waals surface area (Å²) < 4.78 is 0. The van der Waals surface area contributed by atoms with Crippen molar-refractivity contribution in [1.82, 2.24) is 4.98 Å². The molecule has 6 heteroatoms. The zero-order chi connectivity index (χ0) is 13.3. The lowest BCUT2D eigenvalue weighted by atomic mass is 10.0. The Bertz CT molecular complexity index is 630. The van der Waals surface area contributed by atoms with Crippen molar-refractivity contribution >= 4 is 16.9 Å². The molecule has 0 unspecified atom stereocenters. The van der Waals surface area contributed by atoms with Crippen molar-refractivity contribution in [2.75, 3.05) is 6.54 Å². The number of hydrogen-bond donors (Lipinski definition) is 2. The molecule has 0 saturated carbocycles. The van der Waals surface area contributed by atoms with Crippen LogP contribution in [0.2, 0.25) is 0 Å². The van der Waals surface area contributed by atoms with Crippen molar-refractivity contribution in [2.24, 2.45) is 0 Å². The number of carboxylic acid groups (broad SMARTS) is 1. The first-order valence-electron chi connectivity index (χ1n) is 5.44. The molecule has 2 rings (SSSR count). The van der Waals surface area contributed by atoms with E-state index in [9.17, 15) is 14.9 Å². The number of benzene rings is 1. The molecule has 0 atom stereocenters. The number of aromatic nitrogens is 1. The molecule has 0 fully saturated rings. The fourth-order valence-corrected chi connectivity index (χ4v) is 1.98. The van der Waals surface area contributed by atoms with Gasteiger partial charge in [0.2, 0.25) is 6.54 Å². The van der Waals surface area contributed by atoms with Crippen LogP contribution in [0.4, 0.5) is 0 Å². The van der Waals surface area contributed by atoms with E-state index in [2.05, 4.69) is 4.98 Å². The predicted molar refractivity (Wildman–Crippen MR) is 65.6 cm³/mol. The van der Waals surface area contributed by atoms with Gasteiger partial charge in [0.05, 0.1) is 5.56 Å². The molecule has 0 radical (unpaired) electrons. The van der Waals surface area contributed by atoms with Crippen molar-refractivity contribution in [1.29, 1.82) is 0 Å². The molecule has 1 heterocycles. The number of hydrogen-bond acceptors (Lipinski definition) is 3. The number of aromatic amines is 1. The first-order valence-corrected chi connectivity index (χ1v) is 5.44. The van der Waals surface area contributed by atoms with E-state index in [1.54, 1.807) is 25.3 Å². The van der Waals surface area contributed by atoms with Gasteiger partial charge in [0.15, 0.2) is 0 Å². The second-order valence-corrected chi connectivity index (χ2v) is 4.14. The van der Waals surface area contributed by atoms with Gasteiger partial charge in [0, 0.05) is 28.4 Å². The summed E-state index contributed by atoms with van der Waals surface area (Å²) in [6.07, 6.45) is 2.03. The van der Waals surface area contributed by atoms with Crippen LogP contribution in [0.1, 0.15) is 21.5 Å². The van der Waals surface area contributed by atoms with Crippen LogP contribution in [-0.4, -0.2) is 27.5 Å². The second-order valence-electron chi connectivity index (χ2n) is 4.14. The average molecular weight is 248 g/mol. The highest BCUT2D eigenvalue weighted by Crippen LogP contribution is 2.23. The lowest BCUT2D eigenvalue weighted by molar-refractivity contribution is -0.479. The Balaban J connectivity index is 2.44. The van der Waals surface area contributed by atoms with E-state index in [1.807, 2.05) is 0 Å². The molecule has 2 N–H and O–H groups in total. The Hall–Kier alpha value is -2.37. The third kappa shape index (κ3) is 2.17. The Labute approximate surface area is 102 Å². The number of aromatic carboxylic acids is 1. The van der Waals surface area contributed by atoms with Gasteiger partial charge in [-0.2, -0.15) is 0 Å². The maximum absolute atomic E-state index is 11.0. The third-order valence-electron chi connectivity index (χ3n) is 2.91. The summed E-state index contributed by atoms with van der Waals surface area (Å²) in [5, 5.41) is 20.2. The number of fused-ring (bicyclic) bond motifs is 1. The summed E-state index contributed by atoms with van der Waals surface area (Å²) >= 11 is 0. The van der Waals surface area contributed by atoms with Crippen LogP contribution in [0.15, 0.2) is 18.3 Å². The first kappa shape index (κ1) is 12.1. The number of H-pyrrole nitrogens is 1. The number of nitrogens with zero attached hydrogens (tertiary/aromatic N) is 1. The number of rotatable bonds is 4. The summed E-state index contributed by atoms with van der Waals surface area (Å²) in [5.74, 6) is -0.976. The Kier molecular flexibility index (Phi) is 3.01. The molecule has 18 heavy (non-hydrogen) atoms. The fourth-order valence-electron chi connectivity index (χ4n) is 1.98. The van der Waals surface area contributed by atoms with E-state index in [1.165, 1.54) is 0 Å². The zero-order valence-corrected chi connectivity index (χ0v) is 9.77. The minimum absolute atomic E-state index is 0.132. The second kappa shape index (κ2) is 4.48. The molecule has 0 aliphatic carbocycles. The summed E-state index contributed by atoms with van der Waals surface area (Å²) in [5.41, 5.74) is 2.42. The van der Waals surface area contributed by atoms with Crippen LogP contribution in [0, 0.1) is 17.0 Å². The maximum atomic E-state index is 11.0. The highest BCUT2D eigenvalue weighted by atomic mass is 16.6. The molecule has 0 aliphatic rings. The summed E-state index contributed by atoms with van der Waals surface area (Å²) in [6.45, 7) is 1.58. The van der Waals surface area contributed by atoms with Crippen LogP contribution in [0.5, 0.6) is 0 Å². The SMILES string of the molecule is Cc1cc2c(CC[N+](=O)[O-])c[nH]c2cc1C(=O)O. The molecular formula is C12H12N2O4. The maximum Gasteiger partial charge on any atom is 0.336 e. The van der Waals surface area contributed by atoms with Gasteiger partial charge in [-0.05, 0) is 30.2 Å². The molecule has 1 aromatic carbocycles. The Morgan fingerprint density at radius 1 is 1.50 bits per heavy atom. The van der Waals surface area contributed by atoms with E-state index in [-0.39, 0.29) is 17.0 Å². The van der Waals surface area contributed by atoms with E-state index in [4.69, 9.17) is 5.11 Å². The van der Waals surface area contributed by atoms with Crippen LogP contribution >= 0.6 is 0 Å². The van der Waals surface area contributed by atoms with Gasteiger partial charge in [-0.3, -0.25) is 10.1 Å². The van der Waals surface area contributed by atoms with Crippen LogP contribution < -0.4 is 0 Å². The van der Waals surface area contributed by atoms with Crippen molar-refractivity contribution in [3.63, 3.8) is 0 Å². The predicted octanol–water partition coefficient (Wildman–Crippen LogP) is 1.99. The van der Waals surface area contributed by atoms with E-state index < -0.39 is 5.97 Å². The van der Waals surface area contributed by atoms with Gasteiger partial charge in [-0.15, -0.1) is 0 Å². The Morgan fingerprint density at radius 2 is 2.22 bits per heavy atom. The standard InChI is InChI=1S/C12H12N2O4/c1-7-4-10-8(2-3-14(17)18)6-13-11(10)5-9(7)12(15)16/h4-6,13H,2-3H2,1H3,(H,15,16). The highest BCUT2D eigenvalue weighted by molar-refractivity contribution is 5.96. The van der Waals surface area contributed by atoms with Crippen molar-refractivity contribution in [2.45, 2.75) is 13.3 Å². The zero-order valence-electron chi connectivity index (χ0n) is 9.77. The molecule has 0 bridgehead atoms. The van der Waals surface area contributed by atoms with Crippen molar-refractivity contribution in [3.05, 3.63) is 45.1 Å². The molecule has 0 spiro atoms. The summed E-state index contributed by atoms with van der Waals surface area (Å²) in [6, 6.07) is 3.31. The summed E-state index contributed by atoms with van der Waals surface area (Å²) in [7, 11) is 0. The van der Waals surface area contributed by atoms with E-state index in [0.717, 1.165) is 10.9 Å². The largest absolute Gasteiger partial charge is 0.478 e. The first-order chi connectivity index (χ1) is 8.49. The lowest BCUT2D eigenvalue weighted by Crippen LogP contribution is -2.03. The molecule has 2 aromatic rings. The number of carbonyl (C=O) groups is 1. The Morgan fingerprint density at radius 3 is 2.83 bits per heavy atom. The molecule has 0 amide bonds. The smallest absolute Gasteiger partial charge is 0.336 e. The minimum atomic E-state index is -0.976. The normalized spacial score (nSPS) is 10.7. The average Bonchev–Trinajstić information content (AvgIpc) is 2.67. The number of nitro groups is 1. The van der Waals surface area contributed by atoms with Gasteiger partial charge < -0.3 is 10.1 Å². The van der Waals surface area contributed by atoms with Gasteiger partial charge in [-0.25, -0.2) is 4.79 Å². The molecule has 1 aromatic heterocycles. The van der Waals surface area contributed by atoms with Crippen molar-refractivity contribution < 1.29 is 14.8 Å². The fraction of sp³-hybridized carbons (Fsp3) is 0.250. The molecule has 94 valence electrons. The van der Waals surface area contributed by atoms with Crippen LogP contribution in [0.3, 0.4) is 0 Å². The van der Waals surface area contributed by atoms with Gasteiger partial charge in [0.25, 0.3) is 0 Å². The summed E-state index contributed by atoms with van der Waals surface area (Å²) in [4.78, 5) is 23.9. The van der Waals surface area contributed by atoms with Crippen LogP contribution in [0.25, 0.3) is 10.9 Å². The van der Waals surface area contributed by atoms with E-state index in [0.29, 0.717) is 17.5 Å². The quantitative estimate of drug-likeness (QED) is 0.638. The van der Waals surface area contributed by atoms with Gasteiger partial charge >= 0.3 is 5.97 Å². The number of carboxylic acids is 1. The van der Waals surface area contributed by atoms with Gasteiger partial charge in [-0.1, -0.05) is 0 Å². The minimum Gasteiger partial charge on any atom is -0.478 e. The highest BCUT2D eigenvalue weighted by Gasteiger charge is 2.12. The third-order valence-corrected chi connectivity index (χ3v) is 2.91. The van der Waals surface area contributed by atoms with Gasteiger partial charge in [0.1, 0.15) is 0 Å². The van der Waals surface area contributed by atoms with Crippen molar-refractivity contribution in [3.8, 4) is 0 Å². The molecule has 6 nitrogen and oxygen atoms in total. The molecule has 0 aliphatic heterocycles. The van der Waals surface area contributed by atoms with Crippen LogP contribution in [-0.2, 0) is 6.42 Å².